The summed E-state index contributed by atoms with van der Waals surface area (Å²) in [5.41, 5.74) is 8.31. The van der Waals surface area contributed by atoms with Crippen LogP contribution in [0, 0.1) is 13.8 Å². The fraction of sp³-hybridized carbons (Fsp3) is 0.200. The number of nitrogens with one attached hydrogen (secondary N) is 2. The van der Waals surface area contributed by atoms with Crippen molar-refractivity contribution in [3.63, 3.8) is 0 Å². The summed E-state index contributed by atoms with van der Waals surface area (Å²) in [5, 5.41) is 0. The van der Waals surface area contributed by atoms with Crippen LogP contribution >= 0.6 is 0 Å². The van der Waals surface area contributed by atoms with E-state index in [4.69, 9.17) is 4.74 Å². The number of anilines is 1. The quantitative estimate of drug-likeness (QED) is 0.529. The molecule has 0 bridgehead atoms. The van der Waals surface area contributed by atoms with Crippen molar-refractivity contribution in [3.05, 3.63) is 89.0 Å². The number of hydrogen-bond donors (Lipinski definition) is 2. The van der Waals surface area contributed by atoms with Gasteiger partial charge in [0.25, 0.3) is 21.8 Å². The average Bonchev–Trinajstić information content (AvgIpc) is 3.26. The first-order chi connectivity index (χ1) is 16.2. The summed E-state index contributed by atoms with van der Waals surface area (Å²) in [6, 6.07) is 18.7. The molecule has 2 N–H and O–H groups in total. The van der Waals surface area contributed by atoms with Crippen molar-refractivity contribution < 1.29 is 22.7 Å². The molecule has 34 heavy (non-hydrogen) atoms. The maximum Gasteiger partial charge on any atom is 0.276 e. The van der Waals surface area contributed by atoms with Gasteiger partial charge in [-0.05, 0) is 73.4 Å². The number of benzene rings is 3. The van der Waals surface area contributed by atoms with Gasteiger partial charge < -0.3 is 4.74 Å². The molecule has 3 aromatic carbocycles. The number of nitrogens with zero attached hydrogens (tertiary/aromatic N) is 1. The first-order valence-corrected chi connectivity index (χ1v) is 12.2. The van der Waals surface area contributed by atoms with E-state index in [1.165, 1.54) is 28.6 Å². The number of hydrogen-bond acceptors (Lipinski definition) is 5. The van der Waals surface area contributed by atoms with Crippen molar-refractivity contribution in [2.24, 2.45) is 0 Å². The third-order valence-electron chi connectivity index (χ3n) is 5.41. The van der Waals surface area contributed by atoms with Crippen LogP contribution in [0.2, 0.25) is 0 Å². The highest BCUT2D eigenvalue weighted by molar-refractivity contribution is 7.92. The second-order valence-corrected chi connectivity index (χ2v) is 9.96. The zero-order valence-corrected chi connectivity index (χ0v) is 19.7. The van der Waals surface area contributed by atoms with E-state index < -0.39 is 21.8 Å². The van der Waals surface area contributed by atoms with Crippen LogP contribution in [0.5, 0.6) is 5.75 Å². The SMILES string of the molecule is Cc1cc(C)cc(OCC(=O)NNC(=O)c2cccc(S(=O)(=O)N3CCc4ccccc43)c2)c1. The van der Waals surface area contributed by atoms with E-state index in [-0.39, 0.29) is 17.1 Å². The lowest BCUT2D eigenvalue weighted by molar-refractivity contribution is -0.123. The maximum absolute atomic E-state index is 13.2. The van der Waals surface area contributed by atoms with E-state index in [1.54, 1.807) is 12.1 Å². The number of fused-ring (bicyclic) bond motifs is 1. The Morgan fingerprint density at radius 1 is 0.941 bits per heavy atom. The molecule has 0 fully saturated rings. The minimum atomic E-state index is -3.84. The number of rotatable bonds is 6. The molecule has 0 spiro atoms. The molecule has 1 aliphatic heterocycles. The van der Waals surface area contributed by atoms with E-state index in [2.05, 4.69) is 10.9 Å². The Labute approximate surface area is 198 Å². The molecular weight excluding hydrogens is 454 g/mol. The predicted octanol–water partition coefficient (Wildman–Crippen LogP) is 2.89. The fourth-order valence-electron chi connectivity index (χ4n) is 3.88. The molecule has 1 heterocycles. The third-order valence-corrected chi connectivity index (χ3v) is 7.22. The molecule has 2 amide bonds. The van der Waals surface area contributed by atoms with Crippen LogP contribution < -0.4 is 19.9 Å². The van der Waals surface area contributed by atoms with Crippen LogP contribution in [0.3, 0.4) is 0 Å². The highest BCUT2D eigenvalue weighted by Crippen LogP contribution is 2.32. The molecule has 3 aromatic rings. The van der Waals surface area contributed by atoms with Crippen molar-refractivity contribution in [1.29, 1.82) is 0 Å². The Balaban J connectivity index is 1.39. The Kier molecular flexibility index (Phi) is 6.56. The van der Waals surface area contributed by atoms with E-state index >= 15 is 0 Å². The van der Waals surface area contributed by atoms with Gasteiger partial charge in [-0.3, -0.25) is 24.7 Å². The van der Waals surface area contributed by atoms with E-state index in [0.29, 0.717) is 24.4 Å². The summed E-state index contributed by atoms with van der Waals surface area (Å²) < 4.78 is 33.2. The number of ether oxygens (including phenoxy) is 1. The smallest absolute Gasteiger partial charge is 0.276 e. The normalized spacial score (nSPS) is 12.7. The predicted molar refractivity (Wildman–Crippen MR) is 128 cm³/mol. The minimum absolute atomic E-state index is 0.00123. The second-order valence-electron chi connectivity index (χ2n) is 8.10. The number of aryl methyl sites for hydroxylation is 2. The number of sulfonamides is 1. The molecule has 1 aliphatic rings. The summed E-state index contributed by atoms with van der Waals surface area (Å²) >= 11 is 0. The van der Waals surface area contributed by atoms with E-state index in [0.717, 1.165) is 16.7 Å². The molecular formula is C25H25N3O5S. The van der Waals surface area contributed by atoms with Crippen LogP contribution in [0.4, 0.5) is 5.69 Å². The number of para-hydroxylation sites is 1. The molecule has 0 saturated carbocycles. The lowest BCUT2D eigenvalue weighted by atomic mass is 10.1. The summed E-state index contributed by atoms with van der Waals surface area (Å²) in [6.07, 6.45) is 0.631. The van der Waals surface area contributed by atoms with Crippen molar-refractivity contribution in [2.75, 3.05) is 17.5 Å². The molecule has 4 rings (SSSR count). The number of carbonyl (C=O) groups excluding carboxylic acids is 2. The summed E-state index contributed by atoms with van der Waals surface area (Å²) in [5.74, 6) is -0.635. The van der Waals surface area contributed by atoms with Gasteiger partial charge in [-0.1, -0.05) is 30.3 Å². The van der Waals surface area contributed by atoms with Gasteiger partial charge in [0.15, 0.2) is 6.61 Å². The van der Waals surface area contributed by atoms with Gasteiger partial charge in [0.05, 0.1) is 10.6 Å². The molecule has 0 radical (unpaired) electrons. The first-order valence-electron chi connectivity index (χ1n) is 10.7. The van der Waals surface area contributed by atoms with E-state index in [1.807, 2.05) is 44.2 Å². The fourth-order valence-corrected chi connectivity index (χ4v) is 5.43. The van der Waals surface area contributed by atoms with Gasteiger partial charge >= 0.3 is 0 Å². The molecule has 0 saturated heterocycles. The van der Waals surface area contributed by atoms with E-state index in [9.17, 15) is 18.0 Å². The number of hydrazine groups is 1. The molecule has 0 aliphatic carbocycles. The van der Waals surface area contributed by atoms with Crippen molar-refractivity contribution in [2.45, 2.75) is 25.2 Å². The minimum Gasteiger partial charge on any atom is -0.484 e. The molecule has 0 aromatic heterocycles. The molecule has 0 atom stereocenters. The van der Waals surface area contributed by atoms with Gasteiger partial charge in [-0.15, -0.1) is 0 Å². The Morgan fingerprint density at radius 2 is 1.68 bits per heavy atom. The highest BCUT2D eigenvalue weighted by atomic mass is 32.2. The van der Waals surface area contributed by atoms with Crippen molar-refractivity contribution in [3.8, 4) is 5.75 Å². The van der Waals surface area contributed by atoms with Crippen LogP contribution in [-0.4, -0.2) is 33.4 Å². The largest absolute Gasteiger partial charge is 0.484 e. The second kappa shape index (κ2) is 9.56. The zero-order valence-electron chi connectivity index (χ0n) is 18.9. The summed E-state index contributed by atoms with van der Waals surface area (Å²) in [6.45, 7) is 3.91. The average molecular weight is 480 g/mol. The van der Waals surface area contributed by atoms with Crippen LogP contribution in [0.15, 0.2) is 71.6 Å². The standard InChI is InChI=1S/C25H25N3O5S/c1-17-12-18(2)14-21(13-17)33-16-24(29)26-27-25(30)20-7-5-8-22(15-20)34(31,32)28-11-10-19-6-3-4-9-23(19)28/h3-9,12-15H,10-11,16H2,1-2H3,(H,26,29)(H,27,30). The van der Waals surface area contributed by atoms with Gasteiger partial charge in [0.1, 0.15) is 5.75 Å². The van der Waals surface area contributed by atoms with Crippen LogP contribution in [-0.2, 0) is 21.2 Å². The van der Waals surface area contributed by atoms with Gasteiger partial charge in [0, 0.05) is 12.1 Å². The van der Waals surface area contributed by atoms with Gasteiger partial charge in [-0.2, -0.15) is 0 Å². The topological polar surface area (TPSA) is 105 Å². The Hall–Kier alpha value is -3.85. The number of amides is 2. The lowest BCUT2D eigenvalue weighted by Gasteiger charge is -2.20. The third kappa shape index (κ3) is 5.04. The molecule has 9 heteroatoms. The lowest BCUT2D eigenvalue weighted by Crippen LogP contribution is -2.43. The Bertz CT molecular complexity index is 1330. The summed E-state index contributed by atoms with van der Waals surface area (Å²) in [4.78, 5) is 24.6. The van der Waals surface area contributed by atoms with Crippen molar-refractivity contribution >= 4 is 27.5 Å². The molecule has 8 nitrogen and oxygen atoms in total. The van der Waals surface area contributed by atoms with Gasteiger partial charge in [0.2, 0.25) is 0 Å². The monoisotopic (exact) mass is 479 g/mol. The zero-order chi connectivity index (χ0) is 24.3. The number of carbonyl (C=O) groups is 2. The van der Waals surface area contributed by atoms with Crippen LogP contribution in [0.1, 0.15) is 27.0 Å². The maximum atomic E-state index is 13.2. The molecule has 176 valence electrons. The van der Waals surface area contributed by atoms with Gasteiger partial charge in [-0.25, -0.2) is 8.42 Å². The first kappa shape index (κ1) is 23.3. The van der Waals surface area contributed by atoms with Crippen molar-refractivity contribution in [1.82, 2.24) is 10.9 Å². The summed E-state index contributed by atoms with van der Waals surface area (Å²) in [7, 11) is -3.84. The highest BCUT2D eigenvalue weighted by Gasteiger charge is 2.31. The Morgan fingerprint density at radius 3 is 2.44 bits per heavy atom. The van der Waals surface area contributed by atoms with Crippen LogP contribution in [0.25, 0.3) is 0 Å². The molecule has 0 unspecified atom stereocenters.